The van der Waals surface area contributed by atoms with Gasteiger partial charge in [0.05, 0.1) is 19.3 Å². The molecule has 0 bridgehead atoms. The molecule has 0 aromatic heterocycles. The monoisotopic (exact) mass is 430 g/mol. The van der Waals surface area contributed by atoms with Crippen molar-refractivity contribution >= 4 is 29.4 Å². The Hall–Kier alpha value is -3.03. The molecule has 4 rings (SSSR count). The maximum absolute atomic E-state index is 12.9. The van der Waals surface area contributed by atoms with Crippen LogP contribution in [0.4, 0.5) is 0 Å². The van der Waals surface area contributed by atoms with Crippen LogP contribution in [0.1, 0.15) is 34.0 Å². The lowest BCUT2D eigenvalue weighted by Gasteiger charge is -2.20. The standard InChI is InChI=1S/C22H19ClO7/c1-11-17(29-12(2)22(25)26-3)5-4-16-19(24)18(30-20(11)16)8-13-6-15(23)7-14-9-27-10-28-21(13)14/h4-8,12H,9-10H2,1-3H3/b18-8-. The summed E-state index contributed by atoms with van der Waals surface area (Å²) in [6.45, 7) is 3.84. The molecule has 0 saturated carbocycles. The molecule has 30 heavy (non-hydrogen) atoms. The van der Waals surface area contributed by atoms with Crippen LogP contribution in [0.2, 0.25) is 5.02 Å². The van der Waals surface area contributed by atoms with E-state index in [4.69, 9.17) is 30.5 Å². The van der Waals surface area contributed by atoms with Gasteiger partial charge >= 0.3 is 5.97 Å². The van der Waals surface area contributed by atoms with Crippen molar-refractivity contribution < 1.29 is 33.3 Å². The summed E-state index contributed by atoms with van der Waals surface area (Å²) in [4.78, 5) is 24.5. The Labute approximate surface area is 178 Å². The van der Waals surface area contributed by atoms with Crippen molar-refractivity contribution in [2.45, 2.75) is 26.6 Å². The molecule has 2 aliphatic heterocycles. The maximum Gasteiger partial charge on any atom is 0.346 e. The third kappa shape index (κ3) is 3.62. The second kappa shape index (κ2) is 8.01. The van der Waals surface area contributed by atoms with Gasteiger partial charge in [-0.2, -0.15) is 0 Å². The molecule has 0 fully saturated rings. The van der Waals surface area contributed by atoms with E-state index in [9.17, 15) is 9.59 Å². The average Bonchev–Trinajstić information content (AvgIpc) is 3.05. The van der Waals surface area contributed by atoms with Gasteiger partial charge in [0, 0.05) is 21.7 Å². The first-order valence-corrected chi connectivity index (χ1v) is 9.62. The minimum Gasteiger partial charge on any atom is -0.479 e. The number of Topliss-reactive ketones (excluding diaryl/α,β-unsaturated/α-hetero) is 1. The Morgan fingerprint density at radius 3 is 2.83 bits per heavy atom. The van der Waals surface area contributed by atoms with Crippen molar-refractivity contribution in [1.29, 1.82) is 0 Å². The molecule has 0 N–H and O–H groups in total. The van der Waals surface area contributed by atoms with Gasteiger partial charge in [-0.05, 0) is 44.2 Å². The molecule has 0 aliphatic carbocycles. The number of fused-ring (bicyclic) bond motifs is 2. The van der Waals surface area contributed by atoms with E-state index in [1.54, 1.807) is 44.2 Å². The lowest BCUT2D eigenvalue weighted by Crippen LogP contribution is -2.25. The minimum atomic E-state index is -0.795. The molecular weight excluding hydrogens is 412 g/mol. The van der Waals surface area contributed by atoms with Gasteiger partial charge in [0.15, 0.2) is 18.7 Å². The first-order valence-electron chi connectivity index (χ1n) is 9.24. The highest BCUT2D eigenvalue weighted by Crippen LogP contribution is 2.41. The Morgan fingerprint density at radius 1 is 1.27 bits per heavy atom. The summed E-state index contributed by atoms with van der Waals surface area (Å²) in [6.07, 6.45) is 0.811. The Balaban J connectivity index is 1.67. The number of methoxy groups -OCH3 is 1. The fourth-order valence-electron chi connectivity index (χ4n) is 3.36. The highest BCUT2D eigenvalue weighted by Gasteiger charge is 2.31. The zero-order chi connectivity index (χ0) is 21.4. The number of benzene rings is 2. The molecule has 8 heteroatoms. The van der Waals surface area contributed by atoms with Gasteiger partial charge < -0.3 is 23.7 Å². The number of rotatable bonds is 4. The van der Waals surface area contributed by atoms with E-state index in [2.05, 4.69) is 4.74 Å². The highest BCUT2D eigenvalue weighted by atomic mass is 35.5. The molecule has 2 aromatic rings. The largest absolute Gasteiger partial charge is 0.479 e. The van der Waals surface area contributed by atoms with E-state index < -0.39 is 12.1 Å². The molecule has 0 radical (unpaired) electrons. The topological polar surface area (TPSA) is 80.3 Å². The third-order valence-corrected chi connectivity index (χ3v) is 5.08. The van der Waals surface area contributed by atoms with Crippen molar-refractivity contribution in [1.82, 2.24) is 0 Å². The summed E-state index contributed by atoms with van der Waals surface area (Å²) < 4.78 is 27.1. The maximum atomic E-state index is 12.9. The second-order valence-electron chi connectivity index (χ2n) is 6.88. The summed E-state index contributed by atoms with van der Waals surface area (Å²) in [7, 11) is 1.29. The number of hydrogen-bond donors (Lipinski definition) is 0. The number of carbonyl (C=O) groups is 2. The smallest absolute Gasteiger partial charge is 0.346 e. The van der Waals surface area contributed by atoms with Crippen LogP contribution in [-0.4, -0.2) is 31.8 Å². The van der Waals surface area contributed by atoms with E-state index in [0.717, 1.165) is 5.56 Å². The predicted molar refractivity (Wildman–Crippen MR) is 108 cm³/mol. The van der Waals surface area contributed by atoms with Crippen molar-refractivity contribution in [3.63, 3.8) is 0 Å². The number of allylic oxidation sites excluding steroid dienone is 1. The molecule has 2 aromatic carbocycles. The Kier molecular flexibility index (Phi) is 5.40. The molecule has 0 saturated heterocycles. The zero-order valence-electron chi connectivity index (χ0n) is 16.6. The van der Waals surface area contributed by atoms with Gasteiger partial charge in [0.25, 0.3) is 0 Å². The highest BCUT2D eigenvalue weighted by molar-refractivity contribution is 6.31. The molecule has 2 heterocycles. The van der Waals surface area contributed by atoms with Crippen LogP contribution in [0.25, 0.3) is 6.08 Å². The van der Waals surface area contributed by atoms with Crippen LogP contribution in [0, 0.1) is 6.92 Å². The van der Waals surface area contributed by atoms with E-state index in [-0.39, 0.29) is 18.3 Å². The van der Waals surface area contributed by atoms with Gasteiger partial charge in [0.1, 0.15) is 17.2 Å². The first-order chi connectivity index (χ1) is 14.4. The van der Waals surface area contributed by atoms with E-state index in [1.807, 2.05) is 0 Å². The number of esters is 1. The zero-order valence-corrected chi connectivity index (χ0v) is 17.4. The Bertz CT molecular complexity index is 1070. The number of ether oxygens (including phenoxy) is 5. The molecule has 7 nitrogen and oxygen atoms in total. The molecule has 0 amide bonds. The second-order valence-corrected chi connectivity index (χ2v) is 7.32. The average molecular weight is 431 g/mol. The number of ketones is 1. The van der Waals surface area contributed by atoms with Gasteiger partial charge in [-0.1, -0.05) is 11.6 Å². The van der Waals surface area contributed by atoms with Gasteiger partial charge in [-0.15, -0.1) is 0 Å². The first kappa shape index (κ1) is 20.3. The van der Waals surface area contributed by atoms with Gasteiger partial charge in [-0.3, -0.25) is 4.79 Å². The SMILES string of the molecule is COC(=O)C(C)Oc1ccc2c(c1C)O/C(=C\c1cc(Cl)cc3c1OCOC3)C2=O. The van der Waals surface area contributed by atoms with Crippen LogP contribution < -0.4 is 14.2 Å². The van der Waals surface area contributed by atoms with E-state index >= 15 is 0 Å². The van der Waals surface area contributed by atoms with Crippen molar-refractivity contribution in [3.8, 4) is 17.2 Å². The third-order valence-electron chi connectivity index (χ3n) is 4.86. The number of hydrogen-bond acceptors (Lipinski definition) is 7. The fourth-order valence-corrected chi connectivity index (χ4v) is 3.61. The predicted octanol–water partition coefficient (Wildman–Crippen LogP) is 4.07. The summed E-state index contributed by atoms with van der Waals surface area (Å²) >= 11 is 6.20. The quantitative estimate of drug-likeness (QED) is 0.534. The molecule has 1 unspecified atom stereocenters. The van der Waals surface area contributed by atoms with Crippen LogP contribution in [0.3, 0.4) is 0 Å². The lowest BCUT2D eigenvalue weighted by atomic mass is 10.0. The summed E-state index contributed by atoms with van der Waals surface area (Å²) in [5, 5.41) is 0.501. The molecule has 2 aliphatic rings. The molecule has 1 atom stereocenters. The van der Waals surface area contributed by atoms with Crippen LogP contribution >= 0.6 is 11.6 Å². The molecule has 156 valence electrons. The van der Waals surface area contributed by atoms with Crippen molar-refractivity contribution in [3.05, 3.63) is 57.3 Å². The normalized spacial score (nSPS) is 16.9. The van der Waals surface area contributed by atoms with Crippen LogP contribution in [0.15, 0.2) is 30.0 Å². The van der Waals surface area contributed by atoms with E-state index in [0.29, 0.717) is 45.6 Å². The van der Waals surface area contributed by atoms with Crippen molar-refractivity contribution in [2.75, 3.05) is 13.9 Å². The fraction of sp³-hybridized carbons (Fsp3) is 0.273. The van der Waals surface area contributed by atoms with Gasteiger partial charge in [0.2, 0.25) is 5.78 Å². The van der Waals surface area contributed by atoms with Gasteiger partial charge in [-0.25, -0.2) is 4.79 Å². The molecular formula is C22H19ClO7. The molecule has 0 spiro atoms. The minimum absolute atomic E-state index is 0.123. The number of carbonyl (C=O) groups excluding carboxylic acids is 2. The van der Waals surface area contributed by atoms with E-state index in [1.165, 1.54) is 7.11 Å². The van der Waals surface area contributed by atoms with Crippen LogP contribution in [-0.2, 0) is 20.9 Å². The summed E-state index contributed by atoms with van der Waals surface area (Å²) in [5.41, 5.74) is 2.45. The lowest BCUT2D eigenvalue weighted by molar-refractivity contribution is -0.147. The van der Waals surface area contributed by atoms with Crippen LogP contribution in [0.5, 0.6) is 17.2 Å². The Morgan fingerprint density at radius 2 is 2.07 bits per heavy atom. The number of halogens is 1. The van der Waals surface area contributed by atoms with Crippen molar-refractivity contribution in [2.24, 2.45) is 0 Å². The summed E-state index contributed by atoms with van der Waals surface area (Å²) in [5.74, 6) is 0.815. The summed E-state index contributed by atoms with van der Waals surface area (Å²) in [6, 6.07) is 6.72.